The second kappa shape index (κ2) is 11.0. The van der Waals surface area contributed by atoms with Crippen molar-refractivity contribution in [2.75, 3.05) is 38.2 Å². The number of anilines is 1. The smallest absolute Gasteiger partial charge is 0.264 e. The van der Waals surface area contributed by atoms with Crippen LogP contribution in [0.2, 0.25) is 0 Å². The Kier molecular flexibility index (Phi) is 8.70. The van der Waals surface area contributed by atoms with Gasteiger partial charge in [0, 0.05) is 32.8 Å². The second-order valence-electron chi connectivity index (χ2n) is 7.82. The highest BCUT2D eigenvalue weighted by Crippen LogP contribution is 2.30. The van der Waals surface area contributed by atoms with Gasteiger partial charge in [-0.1, -0.05) is 12.8 Å². The molecule has 32 heavy (non-hydrogen) atoms. The average molecular weight is 459 g/mol. The monoisotopic (exact) mass is 458 g/mol. The molecule has 0 saturated heterocycles. The zero-order chi connectivity index (χ0) is 23.9. The average Bonchev–Trinajstić information content (AvgIpc) is 2.76. The lowest BCUT2D eigenvalue weighted by molar-refractivity contribution is 0.0827. The molecule has 0 aromatic heterocycles. The van der Waals surface area contributed by atoms with Gasteiger partial charge in [0.05, 0.1) is 10.6 Å². The predicted molar refractivity (Wildman–Crippen MR) is 125 cm³/mol. The number of hydrogen-bond donors (Lipinski definition) is 1. The normalized spacial score (nSPS) is 12.0. The minimum Gasteiger partial charge on any atom is -0.481 e. The lowest BCUT2D eigenvalue weighted by Crippen LogP contribution is -2.35. The van der Waals surface area contributed by atoms with Crippen molar-refractivity contribution in [3.63, 3.8) is 0 Å². The van der Waals surface area contributed by atoms with E-state index in [0.29, 0.717) is 29.0 Å². The second-order valence-corrected chi connectivity index (χ2v) is 9.68. The number of terminal acetylenes is 1. The van der Waals surface area contributed by atoms with E-state index < -0.39 is 10.0 Å². The molecule has 0 saturated carbocycles. The third-order valence-corrected chi connectivity index (χ3v) is 6.75. The Balaban J connectivity index is 2.49. The molecule has 2 aromatic carbocycles. The summed E-state index contributed by atoms with van der Waals surface area (Å²) in [5, 5.41) is 9.31. The molecule has 7 nitrogen and oxygen atoms in total. The summed E-state index contributed by atoms with van der Waals surface area (Å²) in [7, 11) is -0.591. The summed E-state index contributed by atoms with van der Waals surface area (Å²) in [6.07, 6.45) is 5.65. The van der Waals surface area contributed by atoms with Gasteiger partial charge >= 0.3 is 0 Å². The molecular weight excluding hydrogens is 428 g/mol. The van der Waals surface area contributed by atoms with Gasteiger partial charge in [-0.15, -0.1) is 6.42 Å². The van der Waals surface area contributed by atoms with Crippen LogP contribution in [0.4, 0.5) is 5.69 Å². The molecule has 0 aliphatic carbocycles. The fourth-order valence-electron chi connectivity index (χ4n) is 3.21. The lowest BCUT2D eigenvalue weighted by Gasteiger charge is -2.29. The van der Waals surface area contributed by atoms with Crippen LogP contribution in [0.15, 0.2) is 47.4 Å². The number of aliphatic hydroxyl groups is 1. The minimum absolute atomic E-state index is 0.0362. The zero-order valence-electron chi connectivity index (χ0n) is 18.9. The summed E-state index contributed by atoms with van der Waals surface area (Å²) in [5.74, 6) is 2.59. The van der Waals surface area contributed by atoms with Crippen molar-refractivity contribution in [3.05, 3.63) is 53.6 Å². The molecular formula is C24H30N2O5S. The molecule has 0 aliphatic heterocycles. The molecule has 1 atom stereocenters. The number of hydrogen-bond acceptors (Lipinski definition) is 5. The zero-order valence-corrected chi connectivity index (χ0v) is 19.7. The minimum atomic E-state index is -3.92. The topological polar surface area (TPSA) is 87.1 Å². The Bertz CT molecular complexity index is 1070. The van der Waals surface area contributed by atoms with Crippen molar-refractivity contribution in [1.82, 2.24) is 4.90 Å². The van der Waals surface area contributed by atoms with Crippen molar-refractivity contribution in [3.8, 4) is 18.1 Å². The first-order valence-electron chi connectivity index (χ1n) is 10.2. The third-order valence-electron chi connectivity index (χ3n) is 4.95. The van der Waals surface area contributed by atoms with Gasteiger partial charge in [-0.25, -0.2) is 8.42 Å². The summed E-state index contributed by atoms with van der Waals surface area (Å²) in [6.45, 7) is 3.90. The number of nitrogens with zero attached hydrogens (tertiary/aromatic N) is 2. The van der Waals surface area contributed by atoms with Crippen LogP contribution in [0.3, 0.4) is 0 Å². The van der Waals surface area contributed by atoms with Gasteiger partial charge in [-0.3, -0.25) is 9.10 Å². The van der Waals surface area contributed by atoms with Crippen molar-refractivity contribution in [1.29, 1.82) is 0 Å². The van der Waals surface area contributed by atoms with Crippen LogP contribution in [-0.2, 0) is 10.0 Å². The van der Waals surface area contributed by atoms with E-state index in [-0.39, 0.29) is 36.5 Å². The number of aryl methyl sites for hydroxylation is 1. The van der Waals surface area contributed by atoms with Crippen LogP contribution in [0.5, 0.6) is 5.75 Å². The molecule has 1 unspecified atom stereocenters. The van der Waals surface area contributed by atoms with E-state index in [1.807, 2.05) is 6.92 Å². The maximum absolute atomic E-state index is 13.6. The predicted octanol–water partition coefficient (Wildman–Crippen LogP) is 2.92. The Morgan fingerprint density at radius 3 is 2.38 bits per heavy atom. The first-order valence-corrected chi connectivity index (χ1v) is 11.7. The van der Waals surface area contributed by atoms with Crippen LogP contribution in [0.1, 0.15) is 29.3 Å². The number of rotatable bonds is 10. The summed E-state index contributed by atoms with van der Waals surface area (Å²) >= 11 is 0. The van der Waals surface area contributed by atoms with Crippen molar-refractivity contribution >= 4 is 21.6 Å². The van der Waals surface area contributed by atoms with E-state index in [1.54, 1.807) is 51.4 Å². The highest BCUT2D eigenvalue weighted by atomic mass is 32.2. The molecule has 0 radical (unpaired) electrons. The number of carbonyl (C=O) groups is 1. The summed E-state index contributed by atoms with van der Waals surface area (Å²) < 4.78 is 33.9. The molecule has 2 rings (SSSR count). The number of benzene rings is 2. The molecule has 0 aliphatic rings. The largest absolute Gasteiger partial charge is 0.481 e. The van der Waals surface area contributed by atoms with Gasteiger partial charge < -0.3 is 14.7 Å². The van der Waals surface area contributed by atoms with Gasteiger partial charge in [0.1, 0.15) is 12.4 Å². The molecule has 8 heteroatoms. The molecule has 0 spiro atoms. The Morgan fingerprint density at radius 2 is 1.84 bits per heavy atom. The van der Waals surface area contributed by atoms with Gasteiger partial charge in [0.15, 0.2) is 0 Å². The van der Waals surface area contributed by atoms with E-state index in [9.17, 15) is 18.3 Å². The molecule has 0 bridgehead atoms. The number of amides is 1. The Hall–Kier alpha value is -3.02. The van der Waals surface area contributed by atoms with Crippen LogP contribution in [0.25, 0.3) is 0 Å². The Morgan fingerprint density at radius 1 is 1.19 bits per heavy atom. The Labute approximate surface area is 190 Å². The van der Waals surface area contributed by atoms with E-state index in [2.05, 4.69) is 5.92 Å². The highest BCUT2D eigenvalue weighted by Gasteiger charge is 2.28. The molecule has 0 fully saturated rings. The maximum Gasteiger partial charge on any atom is 0.264 e. The number of ether oxygens (including phenoxy) is 1. The first-order chi connectivity index (χ1) is 15.1. The van der Waals surface area contributed by atoms with Crippen LogP contribution in [0, 0.1) is 25.2 Å². The van der Waals surface area contributed by atoms with Gasteiger partial charge in [-0.05, 0) is 67.3 Å². The lowest BCUT2D eigenvalue weighted by atomic mass is 10.1. The van der Waals surface area contributed by atoms with Crippen molar-refractivity contribution in [2.45, 2.75) is 25.2 Å². The van der Waals surface area contributed by atoms with Crippen molar-refractivity contribution < 1.29 is 23.1 Å². The fraction of sp³-hybridized carbons (Fsp3) is 0.375. The summed E-state index contributed by atoms with van der Waals surface area (Å²) in [5.41, 5.74) is 1.62. The fourth-order valence-corrected chi connectivity index (χ4v) is 4.86. The third kappa shape index (κ3) is 6.02. The standard InChI is InChI=1S/C24H30N2O5S/c1-6-15-31-21-8-10-22(11-9-21)32(29,30)26(17-18(2)13-14-27)23-12-7-20(16-19(23)3)24(28)25(4)5/h1,7-12,16,18,27H,13-15,17H2,2-5H3. The number of aliphatic hydroxyl groups excluding tert-OH is 1. The number of carbonyl (C=O) groups excluding carboxylic acids is 1. The molecule has 1 N–H and O–H groups in total. The van der Waals surface area contributed by atoms with E-state index in [0.717, 1.165) is 0 Å². The van der Waals surface area contributed by atoms with Crippen molar-refractivity contribution in [2.24, 2.45) is 5.92 Å². The first kappa shape index (κ1) is 25.2. The van der Waals surface area contributed by atoms with Gasteiger partial charge in [0.25, 0.3) is 15.9 Å². The van der Waals surface area contributed by atoms with E-state index in [1.165, 1.54) is 21.3 Å². The molecule has 2 aromatic rings. The molecule has 1 amide bonds. The van der Waals surface area contributed by atoms with Gasteiger partial charge in [0.2, 0.25) is 0 Å². The molecule has 0 heterocycles. The van der Waals surface area contributed by atoms with E-state index >= 15 is 0 Å². The van der Waals surface area contributed by atoms with Crippen LogP contribution < -0.4 is 9.04 Å². The summed E-state index contributed by atoms with van der Waals surface area (Å²) in [6, 6.07) is 11.0. The highest BCUT2D eigenvalue weighted by molar-refractivity contribution is 7.92. The van der Waals surface area contributed by atoms with Crippen LogP contribution in [-0.4, -0.2) is 58.2 Å². The van der Waals surface area contributed by atoms with E-state index in [4.69, 9.17) is 11.2 Å². The quantitative estimate of drug-likeness (QED) is 0.553. The number of sulfonamides is 1. The SMILES string of the molecule is C#CCOc1ccc(S(=O)(=O)N(CC(C)CCO)c2ccc(C(=O)N(C)C)cc2C)cc1. The maximum atomic E-state index is 13.6. The molecule has 172 valence electrons. The summed E-state index contributed by atoms with van der Waals surface area (Å²) in [4.78, 5) is 13.9. The van der Waals surface area contributed by atoms with Crippen LogP contribution >= 0.6 is 0 Å². The van der Waals surface area contributed by atoms with Gasteiger partial charge in [-0.2, -0.15) is 0 Å².